The highest BCUT2D eigenvalue weighted by Gasteiger charge is 2.35. The highest BCUT2D eigenvalue weighted by Crippen LogP contribution is 2.29. The molecule has 1 aliphatic rings. The fraction of sp³-hybridized carbons (Fsp3) is 0.235. The van der Waals surface area contributed by atoms with Crippen LogP contribution in [0, 0.1) is 5.92 Å². The number of thiazole rings is 1. The Kier molecular flexibility index (Phi) is 4.19. The normalized spacial score (nSPS) is 17.4. The molecule has 0 spiro atoms. The van der Waals surface area contributed by atoms with Gasteiger partial charge in [0.05, 0.1) is 28.9 Å². The lowest BCUT2D eigenvalue weighted by atomic mass is 10.1. The average Bonchev–Trinajstić information content (AvgIpc) is 3.28. The molecule has 4 rings (SSSR count). The first-order valence-electron chi connectivity index (χ1n) is 7.75. The number of furan rings is 1. The van der Waals surface area contributed by atoms with Gasteiger partial charge in [-0.25, -0.2) is 4.98 Å². The van der Waals surface area contributed by atoms with Crippen molar-refractivity contribution in [3.63, 3.8) is 0 Å². The molecule has 1 atom stereocenters. The Morgan fingerprint density at radius 2 is 2.32 bits per heavy atom. The molecule has 8 heteroatoms. The number of rotatable bonds is 4. The van der Waals surface area contributed by atoms with Gasteiger partial charge in [0.15, 0.2) is 5.13 Å². The van der Waals surface area contributed by atoms with Gasteiger partial charge in [-0.05, 0) is 30.3 Å². The molecule has 2 amide bonds. The standard InChI is InChI=1S/C17H14ClN3O3S/c18-11-3-4-13-14(7-11)25-17(19-13)20-16(23)10-6-15(22)21(8-10)9-12-2-1-5-24-12/h1-5,7,10H,6,8-9H2,(H,19,20,23)/t10-/m0/s1. The van der Waals surface area contributed by atoms with Crippen molar-refractivity contribution >= 4 is 50.1 Å². The van der Waals surface area contributed by atoms with E-state index in [2.05, 4.69) is 10.3 Å². The molecule has 1 aromatic carbocycles. The summed E-state index contributed by atoms with van der Waals surface area (Å²) in [7, 11) is 0. The van der Waals surface area contributed by atoms with E-state index >= 15 is 0 Å². The predicted octanol–water partition coefficient (Wildman–Crippen LogP) is 3.53. The summed E-state index contributed by atoms with van der Waals surface area (Å²) in [6.07, 6.45) is 1.77. The van der Waals surface area contributed by atoms with E-state index < -0.39 is 5.92 Å². The Morgan fingerprint density at radius 3 is 3.12 bits per heavy atom. The molecule has 0 saturated carbocycles. The van der Waals surface area contributed by atoms with Gasteiger partial charge in [0.2, 0.25) is 11.8 Å². The number of hydrogen-bond acceptors (Lipinski definition) is 5. The molecule has 25 heavy (non-hydrogen) atoms. The topological polar surface area (TPSA) is 75.4 Å². The second-order valence-corrected chi connectivity index (χ2v) is 7.34. The van der Waals surface area contributed by atoms with Crippen LogP contribution >= 0.6 is 22.9 Å². The van der Waals surface area contributed by atoms with Gasteiger partial charge in [-0.2, -0.15) is 0 Å². The third kappa shape index (κ3) is 3.38. The summed E-state index contributed by atoms with van der Waals surface area (Å²) in [5.74, 6) is 0.0728. The van der Waals surface area contributed by atoms with E-state index in [4.69, 9.17) is 16.0 Å². The van der Waals surface area contributed by atoms with Crippen molar-refractivity contribution in [3.8, 4) is 0 Å². The van der Waals surface area contributed by atoms with Crippen molar-refractivity contribution < 1.29 is 14.0 Å². The van der Waals surface area contributed by atoms with Crippen LogP contribution < -0.4 is 5.32 Å². The molecule has 2 aromatic heterocycles. The van der Waals surface area contributed by atoms with Gasteiger partial charge < -0.3 is 14.6 Å². The minimum absolute atomic E-state index is 0.0485. The van der Waals surface area contributed by atoms with Crippen molar-refractivity contribution in [1.82, 2.24) is 9.88 Å². The first-order chi connectivity index (χ1) is 12.1. The smallest absolute Gasteiger partial charge is 0.231 e. The predicted molar refractivity (Wildman–Crippen MR) is 95.5 cm³/mol. The van der Waals surface area contributed by atoms with Crippen LogP contribution in [0.25, 0.3) is 10.2 Å². The van der Waals surface area contributed by atoms with Gasteiger partial charge in [-0.3, -0.25) is 9.59 Å². The maximum atomic E-state index is 12.5. The lowest BCUT2D eigenvalue weighted by Gasteiger charge is -2.14. The minimum atomic E-state index is -0.391. The lowest BCUT2D eigenvalue weighted by molar-refractivity contribution is -0.128. The van der Waals surface area contributed by atoms with Gasteiger partial charge in [-0.1, -0.05) is 22.9 Å². The van der Waals surface area contributed by atoms with Crippen LogP contribution in [-0.2, 0) is 16.1 Å². The third-order valence-corrected chi connectivity index (χ3v) is 5.26. The average molecular weight is 376 g/mol. The van der Waals surface area contributed by atoms with E-state index in [-0.39, 0.29) is 18.2 Å². The van der Waals surface area contributed by atoms with Crippen molar-refractivity contribution in [2.75, 3.05) is 11.9 Å². The second kappa shape index (κ2) is 6.50. The van der Waals surface area contributed by atoms with Crippen molar-refractivity contribution in [1.29, 1.82) is 0 Å². The zero-order valence-corrected chi connectivity index (χ0v) is 14.6. The van der Waals surface area contributed by atoms with E-state index in [1.54, 1.807) is 23.3 Å². The fourth-order valence-corrected chi connectivity index (χ4v) is 4.00. The zero-order valence-electron chi connectivity index (χ0n) is 13.1. The van der Waals surface area contributed by atoms with Gasteiger partial charge in [0.1, 0.15) is 5.76 Å². The highest BCUT2D eigenvalue weighted by molar-refractivity contribution is 7.22. The SMILES string of the molecule is O=C(Nc1nc2ccc(Cl)cc2s1)[C@H]1CC(=O)N(Cc2ccco2)C1. The Morgan fingerprint density at radius 1 is 1.44 bits per heavy atom. The second-order valence-electron chi connectivity index (χ2n) is 5.87. The summed E-state index contributed by atoms with van der Waals surface area (Å²) in [5.41, 5.74) is 0.784. The lowest BCUT2D eigenvalue weighted by Crippen LogP contribution is -2.27. The number of carbonyl (C=O) groups excluding carboxylic acids is 2. The Labute approximate surface area is 152 Å². The molecule has 1 saturated heterocycles. The number of halogens is 1. The van der Waals surface area contributed by atoms with E-state index in [9.17, 15) is 9.59 Å². The van der Waals surface area contributed by atoms with Crippen molar-refractivity contribution in [2.45, 2.75) is 13.0 Å². The van der Waals surface area contributed by atoms with E-state index in [0.29, 0.717) is 29.0 Å². The number of carbonyl (C=O) groups is 2. The zero-order chi connectivity index (χ0) is 17.4. The Hall–Kier alpha value is -2.38. The summed E-state index contributed by atoms with van der Waals surface area (Å²) in [6, 6.07) is 8.98. The maximum absolute atomic E-state index is 12.5. The number of hydrogen-bond donors (Lipinski definition) is 1. The van der Waals surface area contributed by atoms with Gasteiger partial charge >= 0.3 is 0 Å². The minimum Gasteiger partial charge on any atom is -0.467 e. The summed E-state index contributed by atoms with van der Waals surface area (Å²) in [6.45, 7) is 0.761. The first-order valence-corrected chi connectivity index (χ1v) is 8.95. The molecule has 3 aromatic rings. The van der Waals surface area contributed by atoms with Gasteiger partial charge in [0.25, 0.3) is 0 Å². The van der Waals surface area contributed by atoms with Crippen LogP contribution in [0.3, 0.4) is 0 Å². The first kappa shape index (κ1) is 16.1. The molecule has 6 nitrogen and oxygen atoms in total. The molecule has 1 fully saturated rings. The molecule has 0 bridgehead atoms. The number of fused-ring (bicyclic) bond motifs is 1. The summed E-state index contributed by atoms with van der Waals surface area (Å²) in [4.78, 5) is 30.6. The van der Waals surface area contributed by atoms with Crippen molar-refractivity contribution in [3.05, 3.63) is 47.4 Å². The van der Waals surface area contributed by atoms with Crippen LogP contribution in [0.1, 0.15) is 12.2 Å². The van der Waals surface area contributed by atoms with Gasteiger partial charge in [-0.15, -0.1) is 0 Å². The van der Waals surface area contributed by atoms with Gasteiger partial charge in [0, 0.05) is 18.0 Å². The molecular formula is C17H14ClN3O3S. The van der Waals surface area contributed by atoms with Crippen LogP contribution in [0.5, 0.6) is 0 Å². The van der Waals surface area contributed by atoms with Crippen LogP contribution in [0.15, 0.2) is 41.0 Å². The molecule has 1 N–H and O–H groups in total. The fourth-order valence-electron chi connectivity index (χ4n) is 2.85. The van der Waals surface area contributed by atoms with E-state index in [1.807, 2.05) is 18.2 Å². The molecule has 3 heterocycles. The summed E-state index contributed by atoms with van der Waals surface area (Å²) < 4.78 is 6.17. The molecule has 0 aliphatic carbocycles. The van der Waals surface area contributed by atoms with Crippen LogP contribution in [0.4, 0.5) is 5.13 Å². The number of anilines is 1. The number of likely N-dealkylation sites (tertiary alicyclic amines) is 1. The maximum Gasteiger partial charge on any atom is 0.231 e. The van der Waals surface area contributed by atoms with Crippen molar-refractivity contribution in [2.24, 2.45) is 5.92 Å². The number of amides is 2. The monoisotopic (exact) mass is 375 g/mol. The van der Waals surface area contributed by atoms with E-state index in [1.165, 1.54) is 11.3 Å². The molecule has 1 aliphatic heterocycles. The van der Waals surface area contributed by atoms with E-state index in [0.717, 1.165) is 10.2 Å². The quantitative estimate of drug-likeness (QED) is 0.756. The Bertz CT molecular complexity index is 938. The number of nitrogens with zero attached hydrogens (tertiary/aromatic N) is 2. The molecular weight excluding hydrogens is 362 g/mol. The number of benzene rings is 1. The highest BCUT2D eigenvalue weighted by atomic mass is 35.5. The molecule has 0 unspecified atom stereocenters. The Balaban J connectivity index is 1.43. The summed E-state index contributed by atoms with van der Waals surface area (Å²) >= 11 is 7.33. The molecule has 0 radical (unpaired) electrons. The largest absolute Gasteiger partial charge is 0.467 e. The van der Waals surface area contributed by atoms with Crippen LogP contribution in [0.2, 0.25) is 5.02 Å². The summed E-state index contributed by atoms with van der Waals surface area (Å²) in [5, 5.41) is 3.96. The van der Waals surface area contributed by atoms with Crippen LogP contribution in [-0.4, -0.2) is 28.2 Å². The number of aromatic nitrogens is 1. The molecule has 128 valence electrons. The third-order valence-electron chi connectivity index (χ3n) is 4.09. The number of nitrogens with one attached hydrogen (secondary N) is 1.